The van der Waals surface area contributed by atoms with Crippen molar-refractivity contribution in [1.82, 2.24) is 30.2 Å². The van der Waals surface area contributed by atoms with E-state index in [-0.39, 0.29) is 5.91 Å². The van der Waals surface area contributed by atoms with Gasteiger partial charge in [0.1, 0.15) is 5.69 Å². The lowest BCUT2D eigenvalue weighted by Crippen LogP contribution is -2.32. The number of carbonyl (C=O) groups excluding carboxylic acids is 1. The zero-order chi connectivity index (χ0) is 27.2. The summed E-state index contributed by atoms with van der Waals surface area (Å²) in [7, 11) is 2.11. The van der Waals surface area contributed by atoms with E-state index >= 15 is 0 Å². The topological polar surface area (TPSA) is 114 Å². The van der Waals surface area contributed by atoms with Crippen LogP contribution >= 0.6 is 23.3 Å². The second kappa shape index (κ2) is 16.2. The first-order valence-electron chi connectivity index (χ1n) is 12.9. The highest BCUT2D eigenvalue weighted by atomic mass is 32.2. The Morgan fingerprint density at radius 1 is 1.21 bits per heavy atom. The van der Waals surface area contributed by atoms with E-state index in [1.807, 2.05) is 32.9 Å². The van der Waals surface area contributed by atoms with E-state index < -0.39 is 0 Å². The second-order valence-corrected chi connectivity index (χ2v) is 10.4. The van der Waals surface area contributed by atoms with Crippen molar-refractivity contribution in [2.24, 2.45) is 0 Å². The molecule has 38 heavy (non-hydrogen) atoms. The summed E-state index contributed by atoms with van der Waals surface area (Å²) in [5, 5.41) is 3.94. The van der Waals surface area contributed by atoms with Crippen LogP contribution in [0.1, 0.15) is 49.1 Å². The van der Waals surface area contributed by atoms with Crippen molar-refractivity contribution in [3.05, 3.63) is 47.6 Å². The number of morpholine rings is 1. The van der Waals surface area contributed by atoms with Gasteiger partial charge in [-0.1, -0.05) is 13.8 Å². The molecule has 12 heteroatoms. The van der Waals surface area contributed by atoms with Gasteiger partial charge < -0.3 is 24.4 Å². The fourth-order valence-electron chi connectivity index (χ4n) is 3.06. The van der Waals surface area contributed by atoms with E-state index in [4.69, 9.17) is 9.47 Å². The van der Waals surface area contributed by atoms with Crippen LogP contribution in [0.3, 0.4) is 0 Å². The van der Waals surface area contributed by atoms with Crippen LogP contribution in [0.15, 0.2) is 36.9 Å². The van der Waals surface area contributed by atoms with E-state index in [1.165, 1.54) is 24.2 Å². The molecule has 2 fully saturated rings. The summed E-state index contributed by atoms with van der Waals surface area (Å²) in [5.74, 6) is 0.200. The fourth-order valence-corrected chi connectivity index (χ4v) is 4.65. The van der Waals surface area contributed by atoms with E-state index in [2.05, 4.69) is 41.9 Å². The number of ether oxygens (including phenoxy) is 2. The van der Waals surface area contributed by atoms with Gasteiger partial charge in [-0.3, -0.25) is 14.8 Å². The van der Waals surface area contributed by atoms with Crippen LogP contribution in [0.4, 0.5) is 5.69 Å². The third-order valence-electron chi connectivity index (χ3n) is 5.21. The third kappa shape index (κ3) is 10.2. The average molecular weight is 560 g/mol. The van der Waals surface area contributed by atoms with Crippen molar-refractivity contribution in [2.75, 3.05) is 44.7 Å². The van der Waals surface area contributed by atoms with Crippen LogP contribution in [0, 0.1) is 0 Å². The Morgan fingerprint density at radius 3 is 2.68 bits per heavy atom. The molecule has 2 aliphatic rings. The van der Waals surface area contributed by atoms with E-state index in [9.17, 15) is 4.79 Å². The number of pyridine rings is 1. The SMILES string of the molecule is CC.CCOc1cncc(-c2cnc(C(=O)NCc3cc(NSC4CC4)ccn3)s2)n1.CN1CCOCC1. The molecule has 1 aliphatic carbocycles. The molecule has 3 aromatic heterocycles. The van der Waals surface area contributed by atoms with Gasteiger partial charge in [0.25, 0.3) is 5.91 Å². The predicted octanol–water partition coefficient (Wildman–Crippen LogP) is 4.52. The maximum Gasteiger partial charge on any atom is 0.280 e. The number of aromatic nitrogens is 4. The van der Waals surface area contributed by atoms with Gasteiger partial charge in [-0.05, 0) is 50.9 Å². The largest absolute Gasteiger partial charge is 0.477 e. The van der Waals surface area contributed by atoms with Gasteiger partial charge in [0.2, 0.25) is 5.88 Å². The van der Waals surface area contributed by atoms with Gasteiger partial charge in [-0.25, -0.2) is 9.97 Å². The number of carbonyl (C=O) groups is 1. The summed E-state index contributed by atoms with van der Waals surface area (Å²) in [4.78, 5) is 32.5. The molecule has 2 N–H and O–H groups in total. The Labute approximate surface area is 233 Å². The predicted molar refractivity (Wildman–Crippen MR) is 154 cm³/mol. The fraction of sp³-hybridized carbons (Fsp3) is 0.500. The molecule has 0 unspecified atom stereocenters. The standard InChI is InChI=1S/C19H20N6O2S2.C5H11NO.C2H6/c1-2-27-17-11-20-9-15(24-17)16-10-23-19(28-16)18(26)22-8-13-7-12(5-6-21-13)25-29-14-3-4-14;1-6-2-4-7-5-3-6;1-2/h5-7,9-11,14H,2-4,8H2,1H3,(H,21,25)(H,22,26);2-5H2,1H3;1-2H3. The number of nitrogens with one attached hydrogen (secondary N) is 2. The number of amides is 1. The van der Waals surface area contributed by atoms with Gasteiger partial charge in [0.15, 0.2) is 5.01 Å². The Bertz CT molecular complexity index is 1120. The molecule has 3 aromatic rings. The molecule has 10 nitrogen and oxygen atoms in total. The number of hydrogen-bond acceptors (Lipinski definition) is 11. The Hall–Kier alpha value is -2.80. The molecule has 206 valence electrons. The van der Waals surface area contributed by atoms with Crippen molar-refractivity contribution in [3.8, 4) is 16.5 Å². The summed E-state index contributed by atoms with van der Waals surface area (Å²) < 4.78 is 13.8. The minimum absolute atomic E-state index is 0.248. The average Bonchev–Trinajstić information content (AvgIpc) is 3.66. The molecule has 1 amide bonds. The monoisotopic (exact) mass is 559 g/mol. The molecule has 4 heterocycles. The highest BCUT2D eigenvalue weighted by molar-refractivity contribution is 8.01. The third-order valence-corrected chi connectivity index (χ3v) is 7.38. The molecule has 1 saturated carbocycles. The zero-order valence-corrected chi connectivity index (χ0v) is 24.1. The van der Waals surface area contributed by atoms with Gasteiger partial charge in [-0.2, -0.15) is 0 Å². The lowest BCUT2D eigenvalue weighted by molar-refractivity contribution is 0.0503. The lowest BCUT2D eigenvalue weighted by atomic mass is 10.3. The Kier molecular flexibility index (Phi) is 12.7. The quantitative estimate of drug-likeness (QED) is 0.363. The first-order valence-corrected chi connectivity index (χ1v) is 14.6. The first kappa shape index (κ1) is 29.8. The van der Waals surface area contributed by atoms with Crippen molar-refractivity contribution >= 4 is 34.9 Å². The van der Waals surface area contributed by atoms with E-state index in [0.717, 1.165) is 42.6 Å². The maximum atomic E-state index is 12.5. The Morgan fingerprint density at radius 2 is 2.00 bits per heavy atom. The maximum absolute atomic E-state index is 12.5. The van der Waals surface area contributed by atoms with Crippen molar-refractivity contribution in [2.45, 2.75) is 45.4 Å². The highest BCUT2D eigenvalue weighted by Gasteiger charge is 2.22. The van der Waals surface area contributed by atoms with Crippen LogP contribution in [0.2, 0.25) is 0 Å². The molecular weight excluding hydrogens is 522 g/mol. The van der Waals surface area contributed by atoms with Crippen LogP contribution in [0.5, 0.6) is 5.88 Å². The van der Waals surface area contributed by atoms with Gasteiger partial charge in [0, 0.05) is 36.4 Å². The molecule has 1 aliphatic heterocycles. The normalized spacial score (nSPS) is 14.8. The first-order chi connectivity index (χ1) is 18.6. The molecule has 1 saturated heterocycles. The molecule has 0 spiro atoms. The van der Waals surface area contributed by atoms with E-state index in [0.29, 0.717) is 35.0 Å². The molecule has 0 atom stereocenters. The van der Waals surface area contributed by atoms with Crippen LogP contribution in [0.25, 0.3) is 10.6 Å². The molecule has 0 radical (unpaired) electrons. The summed E-state index contributed by atoms with van der Waals surface area (Å²) in [6, 6.07) is 3.86. The lowest BCUT2D eigenvalue weighted by Gasteiger charge is -2.21. The summed E-state index contributed by atoms with van der Waals surface area (Å²) in [5.41, 5.74) is 2.40. The van der Waals surface area contributed by atoms with Crippen LogP contribution < -0.4 is 14.8 Å². The molecule has 0 aromatic carbocycles. The molecule has 5 rings (SSSR count). The molecular formula is C26H37N7O3S2. The Balaban J connectivity index is 0.000000381. The summed E-state index contributed by atoms with van der Waals surface area (Å²) in [6.45, 7) is 10.7. The number of thiazole rings is 1. The smallest absolute Gasteiger partial charge is 0.280 e. The number of likely N-dealkylation sites (N-methyl/N-ethyl adjacent to an activating group) is 1. The van der Waals surface area contributed by atoms with Gasteiger partial charge in [0.05, 0.1) is 49.3 Å². The van der Waals surface area contributed by atoms with Gasteiger partial charge >= 0.3 is 0 Å². The zero-order valence-electron chi connectivity index (χ0n) is 22.5. The van der Waals surface area contributed by atoms with E-state index in [1.54, 1.807) is 36.7 Å². The van der Waals surface area contributed by atoms with Crippen molar-refractivity contribution in [3.63, 3.8) is 0 Å². The number of hydrogen-bond donors (Lipinski definition) is 2. The minimum atomic E-state index is -0.248. The highest BCUT2D eigenvalue weighted by Crippen LogP contribution is 2.34. The second-order valence-electron chi connectivity index (χ2n) is 8.26. The van der Waals surface area contributed by atoms with Crippen molar-refractivity contribution in [1.29, 1.82) is 0 Å². The minimum Gasteiger partial charge on any atom is -0.477 e. The summed E-state index contributed by atoms with van der Waals surface area (Å²) in [6.07, 6.45) is 9.08. The number of nitrogens with zero attached hydrogens (tertiary/aromatic N) is 5. The van der Waals surface area contributed by atoms with Crippen LogP contribution in [-0.2, 0) is 11.3 Å². The molecule has 0 bridgehead atoms. The van der Waals surface area contributed by atoms with Crippen molar-refractivity contribution < 1.29 is 14.3 Å². The number of rotatable bonds is 9. The van der Waals surface area contributed by atoms with Gasteiger partial charge in [-0.15, -0.1) is 11.3 Å². The number of anilines is 1. The van der Waals surface area contributed by atoms with Crippen LogP contribution in [-0.4, -0.2) is 76.0 Å². The summed E-state index contributed by atoms with van der Waals surface area (Å²) >= 11 is 3.00.